The van der Waals surface area contributed by atoms with Crippen molar-refractivity contribution in [3.63, 3.8) is 0 Å². The first-order chi connectivity index (χ1) is 14.2. The van der Waals surface area contributed by atoms with Crippen molar-refractivity contribution in [3.8, 4) is 0 Å². The molecule has 2 amide bonds. The van der Waals surface area contributed by atoms with E-state index in [1.807, 2.05) is 0 Å². The Morgan fingerprint density at radius 2 is 1.90 bits per heavy atom. The van der Waals surface area contributed by atoms with Crippen LogP contribution in [0.3, 0.4) is 0 Å². The van der Waals surface area contributed by atoms with E-state index in [-0.39, 0.29) is 18.0 Å². The topological polar surface area (TPSA) is 82.9 Å². The number of amidine groups is 1. The monoisotopic (exact) mass is 460 g/mol. The SMILES string of the molecule is O=C(C[C@@H]1S/C(=N/N=C2CCCCCC2)NC1=O)Nc1ccc(Cl)c(C(F)(F)F)c1. The quantitative estimate of drug-likeness (QED) is 0.490. The highest BCUT2D eigenvalue weighted by molar-refractivity contribution is 8.15. The van der Waals surface area contributed by atoms with Gasteiger partial charge in [-0.2, -0.15) is 18.3 Å². The molecule has 6 nitrogen and oxygen atoms in total. The van der Waals surface area contributed by atoms with E-state index in [0.29, 0.717) is 5.17 Å². The first-order valence-corrected chi connectivity index (χ1v) is 10.8. The summed E-state index contributed by atoms with van der Waals surface area (Å²) < 4.78 is 38.8. The molecule has 2 N–H and O–H groups in total. The second-order valence-electron chi connectivity index (χ2n) is 7.03. The Morgan fingerprint density at radius 3 is 2.57 bits per heavy atom. The Balaban J connectivity index is 1.59. The van der Waals surface area contributed by atoms with Crippen LogP contribution in [0.25, 0.3) is 0 Å². The van der Waals surface area contributed by atoms with E-state index >= 15 is 0 Å². The molecule has 162 valence electrons. The van der Waals surface area contributed by atoms with E-state index in [1.54, 1.807) is 0 Å². The van der Waals surface area contributed by atoms with Gasteiger partial charge < -0.3 is 10.6 Å². The van der Waals surface area contributed by atoms with Gasteiger partial charge in [-0.25, -0.2) is 0 Å². The van der Waals surface area contributed by atoms with Crippen LogP contribution in [0.2, 0.25) is 5.02 Å². The molecule has 1 aliphatic heterocycles. The third-order valence-electron chi connectivity index (χ3n) is 4.67. The second kappa shape index (κ2) is 9.82. The lowest BCUT2D eigenvalue weighted by Gasteiger charge is -2.12. The number of carbonyl (C=O) groups is 2. The Morgan fingerprint density at radius 1 is 1.20 bits per heavy atom. The molecule has 2 fully saturated rings. The summed E-state index contributed by atoms with van der Waals surface area (Å²) >= 11 is 6.65. The minimum absolute atomic E-state index is 0.0474. The zero-order valence-electron chi connectivity index (χ0n) is 15.9. The molecule has 1 aromatic carbocycles. The standard InChI is InChI=1S/C19H20ClF3N4O2S/c20-14-8-7-12(9-13(14)19(21,22)23)24-16(28)10-15-17(29)25-18(30-15)27-26-11-5-3-1-2-4-6-11/h7-9,15H,1-6,10H2,(H,24,28)(H,25,27,29)/t15-/m0/s1. The largest absolute Gasteiger partial charge is 0.417 e. The number of rotatable bonds is 4. The molecule has 1 saturated carbocycles. The van der Waals surface area contributed by atoms with Gasteiger partial charge in [0.05, 0.1) is 10.6 Å². The summed E-state index contributed by atoms with van der Waals surface area (Å²) in [5, 5.41) is 12.4. The van der Waals surface area contributed by atoms with Gasteiger partial charge in [0.25, 0.3) is 0 Å². The van der Waals surface area contributed by atoms with Crippen molar-refractivity contribution in [1.29, 1.82) is 0 Å². The molecule has 0 radical (unpaired) electrons. The number of amides is 2. The molecular formula is C19H20ClF3N4O2S. The van der Waals surface area contributed by atoms with Crippen molar-refractivity contribution in [1.82, 2.24) is 5.32 Å². The highest BCUT2D eigenvalue weighted by Crippen LogP contribution is 2.36. The van der Waals surface area contributed by atoms with Crippen LogP contribution < -0.4 is 10.6 Å². The van der Waals surface area contributed by atoms with E-state index in [2.05, 4.69) is 20.8 Å². The molecule has 1 aliphatic carbocycles. The van der Waals surface area contributed by atoms with E-state index in [4.69, 9.17) is 11.6 Å². The lowest BCUT2D eigenvalue weighted by atomic mass is 10.2. The molecule has 3 rings (SSSR count). The van der Waals surface area contributed by atoms with Gasteiger partial charge in [0.15, 0.2) is 5.17 Å². The molecule has 0 bridgehead atoms. The van der Waals surface area contributed by atoms with Gasteiger partial charge in [-0.05, 0) is 43.9 Å². The highest BCUT2D eigenvalue weighted by Gasteiger charge is 2.34. The third kappa shape index (κ3) is 6.21. The van der Waals surface area contributed by atoms with Crippen LogP contribution in [0.1, 0.15) is 50.5 Å². The first-order valence-electron chi connectivity index (χ1n) is 9.50. The van der Waals surface area contributed by atoms with Gasteiger partial charge >= 0.3 is 6.18 Å². The van der Waals surface area contributed by atoms with E-state index < -0.39 is 27.9 Å². The molecule has 1 heterocycles. The fourth-order valence-corrected chi connectivity index (χ4v) is 4.28. The van der Waals surface area contributed by atoms with Crippen molar-refractivity contribution >= 4 is 51.7 Å². The molecule has 1 saturated heterocycles. The number of alkyl halides is 3. The van der Waals surface area contributed by atoms with Crippen LogP contribution in [-0.2, 0) is 15.8 Å². The van der Waals surface area contributed by atoms with Crippen molar-refractivity contribution in [2.45, 2.75) is 56.4 Å². The van der Waals surface area contributed by atoms with Crippen LogP contribution in [0.15, 0.2) is 28.4 Å². The molecule has 11 heteroatoms. The minimum Gasteiger partial charge on any atom is -0.326 e. The Hall–Kier alpha value is -2.07. The fraction of sp³-hybridized carbons (Fsp3) is 0.474. The molecule has 0 unspecified atom stereocenters. The maximum absolute atomic E-state index is 12.9. The van der Waals surface area contributed by atoms with Crippen LogP contribution in [-0.4, -0.2) is 27.9 Å². The van der Waals surface area contributed by atoms with Gasteiger partial charge in [0.2, 0.25) is 11.8 Å². The summed E-state index contributed by atoms with van der Waals surface area (Å²) in [6, 6.07) is 3.10. The number of hydrogen-bond acceptors (Lipinski definition) is 5. The summed E-state index contributed by atoms with van der Waals surface area (Å²) in [5.74, 6) is -0.975. The maximum Gasteiger partial charge on any atom is 0.417 e. The summed E-state index contributed by atoms with van der Waals surface area (Å²) in [6.07, 6.45) is 1.44. The smallest absolute Gasteiger partial charge is 0.326 e. The van der Waals surface area contributed by atoms with Crippen molar-refractivity contribution in [2.75, 3.05) is 5.32 Å². The first kappa shape index (κ1) is 22.6. The number of hydrogen-bond donors (Lipinski definition) is 2. The number of anilines is 1. The molecular weight excluding hydrogens is 441 g/mol. The summed E-state index contributed by atoms with van der Waals surface area (Å²) in [5.41, 5.74) is -0.0879. The number of nitrogens with zero attached hydrogens (tertiary/aromatic N) is 2. The lowest BCUT2D eigenvalue weighted by molar-refractivity contribution is -0.137. The van der Waals surface area contributed by atoms with E-state index in [9.17, 15) is 22.8 Å². The number of halogens is 4. The van der Waals surface area contributed by atoms with Crippen LogP contribution >= 0.6 is 23.4 Å². The normalized spacial score (nSPS) is 21.3. The molecule has 1 aromatic rings. The average molecular weight is 461 g/mol. The zero-order valence-corrected chi connectivity index (χ0v) is 17.5. The lowest BCUT2D eigenvalue weighted by Crippen LogP contribution is -2.28. The van der Waals surface area contributed by atoms with Gasteiger partial charge in [0.1, 0.15) is 5.25 Å². The summed E-state index contributed by atoms with van der Waals surface area (Å²) in [6.45, 7) is 0. The molecule has 2 aliphatic rings. The number of carbonyl (C=O) groups excluding carboxylic acids is 2. The number of benzene rings is 1. The van der Waals surface area contributed by atoms with E-state index in [1.165, 1.54) is 18.9 Å². The Kier molecular flexibility index (Phi) is 7.41. The van der Waals surface area contributed by atoms with E-state index in [0.717, 1.165) is 55.3 Å². The number of thioether (sulfide) groups is 1. The molecule has 0 aromatic heterocycles. The fourth-order valence-electron chi connectivity index (χ4n) is 3.14. The van der Waals surface area contributed by atoms with Crippen molar-refractivity contribution < 1.29 is 22.8 Å². The highest BCUT2D eigenvalue weighted by atomic mass is 35.5. The average Bonchev–Trinajstić information content (AvgIpc) is 2.86. The minimum atomic E-state index is -4.64. The van der Waals surface area contributed by atoms with Crippen molar-refractivity contribution in [2.24, 2.45) is 10.2 Å². The number of nitrogens with one attached hydrogen (secondary N) is 2. The van der Waals surface area contributed by atoms with Gasteiger partial charge in [0, 0.05) is 17.8 Å². The second-order valence-corrected chi connectivity index (χ2v) is 8.62. The predicted molar refractivity (Wildman–Crippen MR) is 112 cm³/mol. The van der Waals surface area contributed by atoms with Crippen LogP contribution in [0.4, 0.5) is 18.9 Å². The van der Waals surface area contributed by atoms with Crippen LogP contribution in [0, 0.1) is 0 Å². The maximum atomic E-state index is 12.9. The van der Waals surface area contributed by atoms with Crippen LogP contribution in [0.5, 0.6) is 0 Å². The van der Waals surface area contributed by atoms with Gasteiger partial charge in [-0.1, -0.05) is 36.2 Å². The molecule has 30 heavy (non-hydrogen) atoms. The zero-order chi connectivity index (χ0) is 21.7. The predicted octanol–water partition coefficient (Wildman–Crippen LogP) is 4.99. The van der Waals surface area contributed by atoms with Gasteiger partial charge in [-0.3, -0.25) is 9.59 Å². The summed E-state index contributed by atoms with van der Waals surface area (Å²) in [4.78, 5) is 24.3. The third-order valence-corrected chi connectivity index (χ3v) is 6.07. The van der Waals surface area contributed by atoms with Crippen molar-refractivity contribution in [3.05, 3.63) is 28.8 Å². The van der Waals surface area contributed by atoms with Gasteiger partial charge in [-0.15, -0.1) is 5.10 Å². The molecule has 0 spiro atoms. The molecule has 1 atom stereocenters. The summed E-state index contributed by atoms with van der Waals surface area (Å²) in [7, 11) is 0. The Labute approximate surface area is 180 Å². The Bertz CT molecular complexity index is 879.